The van der Waals surface area contributed by atoms with Crippen LogP contribution in [0, 0.1) is 11.8 Å². The minimum atomic E-state index is -0.706. The number of allylic oxidation sites excluding steroid dienone is 1. The molecule has 4 heteroatoms. The maximum absolute atomic E-state index is 11.2. The fourth-order valence-corrected chi connectivity index (χ4v) is 0.744. The second kappa shape index (κ2) is 13.4. The highest BCUT2D eigenvalue weighted by molar-refractivity contribution is 5.72. The lowest BCUT2D eigenvalue weighted by molar-refractivity contribution is -0.159. The summed E-state index contributed by atoms with van der Waals surface area (Å²) >= 11 is 0. The Hall–Kier alpha value is -1.32. The van der Waals surface area contributed by atoms with Crippen molar-refractivity contribution in [3.8, 4) is 0 Å². The minimum absolute atomic E-state index is 0.0224. The molecule has 1 N–H and O–H groups in total. The molecule has 0 aromatic heterocycles. The number of esters is 1. The predicted octanol–water partition coefficient (Wildman–Crippen LogP) is 5.07. The third kappa shape index (κ3) is 23.7. The molecule has 22 heavy (non-hydrogen) atoms. The zero-order valence-electron chi connectivity index (χ0n) is 15.9. The quantitative estimate of drug-likeness (QED) is 0.580. The van der Waals surface area contributed by atoms with Crippen LogP contribution >= 0.6 is 0 Å². The molecule has 4 nitrogen and oxygen atoms in total. The van der Waals surface area contributed by atoms with E-state index in [1.807, 2.05) is 55.4 Å². The van der Waals surface area contributed by atoms with Crippen LogP contribution in [0.3, 0.4) is 0 Å². The summed E-state index contributed by atoms with van der Waals surface area (Å²) in [6.07, 6.45) is 1.56. The number of carboxylic acids is 1. The first-order valence-corrected chi connectivity index (χ1v) is 7.86. The van der Waals surface area contributed by atoms with Crippen LogP contribution in [0.1, 0.15) is 75.2 Å². The average molecular weight is 316 g/mol. The molecule has 0 aromatic carbocycles. The highest BCUT2D eigenvalue weighted by Gasteiger charge is 2.19. The highest BCUT2D eigenvalue weighted by Crippen LogP contribution is 2.12. The van der Waals surface area contributed by atoms with Crippen molar-refractivity contribution in [2.45, 2.75) is 80.8 Å². The molecule has 0 heterocycles. The van der Waals surface area contributed by atoms with Crippen LogP contribution in [0.4, 0.5) is 0 Å². The Kier molecular flexibility index (Phi) is 15.5. The van der Waals surface area contributed by atoms with Gasteiger partial charge < -0.3 is 9.84 Å². The van der Waals surface area contributed by atoms with E-state index in [4.69, 9.17) is 9.84 Å². The van der Waals surface area contributed by atoms with Gasteiger partial charge >= 0.3 is 11.9 Å². The van der Waals surface area contributed by atoms with Crippen molar-refractivity contribution < 1.29 is 19.4 Å². The lowest BCUT2D eigenvalue weighted by Crippen LogP contribution is -2.27. The van der Waals surface area contributed by atoms with Gasteiger partial charge in [0.05, 0.1) is 11.8 Å². The first kappa shape index (κ1) is 25.6. The molecule has 0 spiro atoms. The van der Waals surface area contributed by atoms with Gasteiger partial charge in [-0.05, 0) is 47.5 Å². The van der Waals surface area contributed by atoms with Crippen LogP contribution in [0.5, 0.6) is 0 Å². The normalized spacial score (nSPS) is 12.6. The van der Waals surface area contributed by atoms with E-state index in [-0.39, 0.29) is 23.4 Å². The van der Waals surface area contributed by atoms with Crippen molar-refractivity contribution >= 4 is 11.9 Å². The fraction of sp³-hybridized carbons (Fsp3) is 0.778. The van der Waals surface area contributed by atoms with Crippen LogP contribution in [0.2, 0.25) is 0 Å². The molecule has 0 bridgehead atoms. The first-order valence-electron chi connectivity index (χ1n) is 7.86. The number of rotatable bonds is 4. The fourth-order valence-electron chi connectivity index (χ4n) is 0.744. The molecule has 0 aliphatic heterocycles. The number of hydrogen-bond acceptors (Lipinski definition) is 3. The van der Waals surface area contributed by atoms with E-state index >= 15 is 0 Å². The Bertz CT molecular complexity index is 322. The summed E-state index contributed by atoms with van der Waals surface area (Å²) in [5, 5.41) is 8.18. The maximum atomic E-state index is 11.2. The standard InChI is InChI=1S/C9H18O2.C5H10O2.C4H8/c1-6-7(2)8(10)11-9(3,4)5;1-3-4(2)5(6)7;1-4(2)3/h7H,6H2,1-5H3;4H,3H2,1-2H3,(H,6,7);1H2,2-3H3. The van der Waals surface area contributed by atoms with E-state index in [0.29, 0.717) is 0 Å². The molecule has 0 aromatic rings. The topological polar surface area (TPSA) is 63.6 Å². The predicted molar refractivity (Wildman–Crippen MR) is 92.9 cm³/mol. The van der Waals surface area contributed by atoms with Crippen molar-refractivity contribution in [1.82, 2.24) is 0 Å². The Morgan fingerprint density at radius 3 is 1.50 bits per heavy atom. The molecule has 2 atom stereocenters. The smallest absolute Gasteiger partial charge is 0.309 e. The molecule has 0 aliphatic carbocycles. The van der Waals surface area contributed by atoms with E-state index in [9.17, 15) is 9.59 Å². The minimum Gasteiger partial charge on any atom is -0.481 e. The number of aliphatic carboxylic acids is 1. The lowest BCUT2D eigenvalue weighted by atomic mass is 10.1. The zero-order valence-corrected chi connectivity index (χ0v) is 15.9. The molecule has 0 aliphatic rings. The van der Waals surface area contributed by atoms with E-state index in [1.165, 1.54) is 5.57 Å². The van der Waals surface area contributed by atoms with Crippen molar-refractivity contribution in [3.63, 3.8) is 0 Å². The maximum Gasteiger partial charge on any atom is 0.309 e. The van der Waals surface area contributed by atoms with Gasteiger partial charge in [-0.15, -0.1) is 6.58 Å². The van der Waals surface area contributed by atoms with E-state index in [0.717, 1.165) is 12.8 Å². The lowest BCUT2D eigenvalue weighted by Gasteiger charge is -2.21. The second-order valence-electron chi connectivity index (χ2n) is 6.70. The molecular formula is C18H36O4. The van der Waals surface area contributed by atoms with E-state index in [1.54, 1.807) is 6.92 Å². The first-order chi connectivity index (χ1) is 9.78. The van der Waals surface area contributed by atoms with Gasteiger partial charge in [-0.25, -0.2) is 0 Å². The van der Waals surface area contributed by atoms with Gasteiger partial charge in [0.2, 0.25) is 0 Å². The highest BCUT2D eigenvalue weighted by atomic mass is 16.6. The third-order valence-corrected chi connectivity index (χ3v) is 2.46. The van der Waals surface area contributed by atoms with Gasteiger partial charge in [0.25, 0.3) is 0 Å². The number of carbonyl (C=O) groups is 2. The number of ether oxygens (including phenoxy) is 1. The van der Waals surface area contributed by atoms with Gasteiger partial charge in [-0.2, -0.15) is 0 Å². The van der Waals surface area contributed by atoms with Gasteiger partial charge in [-0.3, -0.25) is 9.59 Å². The van der Waals surface area contributed by atoms with Crippen LogP contribution in [0.25, 0.3) is 0 Å². The summed E-state index contributed by atoms with van der Waals surface area (Å²) in [4.78, 5) is 21.1. The molecule has 2 unspecified atom stereocenters. The summed E-state index contributed by atoms with van der Waals surface area (Å²) < 4.78 is 5.15. The van der Waals surface area contributed by atoms with Gasteiger partial charge in [-0.1, -0.05) is 33.3 Å². The van der Waals surface area contributed by atoms with Crippen molar-refractivity contribution in [2.24, 2.45) is 11.8 Å². The van der Waals surface area contributed by atoms with Crippen molar-refractivity contribution in [1.29, 1.82) is 0 Å². The summed E-state index contributed by atoms with van der Waals surface area (Å²) in [6.45, 7) is 20.6. The average Bonchev–Trinajstić information content (AvgIpc) is 2.34. The number of carbonyl (C=O) groups excluding carboxylic acids is 1. The van der Waals surface area contributed by atoms with E-state index in [2.05, 4.69) is 6.58 Å². The molecular weight excluding hydrogens is 280 g/mol. The van der Waals surface area contributed by atoms with Gasteiger partial charge in [0.15, 0.2) is 0 Å². The molecule has 0 rings (SSSR count). The third-order valence-electron chi connectivity index (χ3n) is 2.46. The van der Waals surface area contributed by atoms with Crippen LogP contribution < -0.4 is 0 Å². The molecule has 0 saturated heterocycles. The molecule has 132 valence electrons. The van der Waals surface area contributed by atoms with Crippen molar-refractivity contribution in [3.05, 3.63) is 12.2 Å². The van der Waals surface area contributed by atoms with Crippen molar-refractivity contribution in [2.75, 3.05) is 0 Å². The second-order valence-corrected chi connectivity index (χ2v) is 6.70. The van der Waals surface area contributed by atoms with Crippen LogP contribution in [0.15, 0.2) is 12.2 Å². The Labute approximate surface area is 136 Å². The number of carboxylic acid groups (broad SMARTS) is 1. The summed E-state index contributed by atoms with van der Waals surface area (Å²) in [5.74, 6) is -0.961. The Balaban J connectivity index is -0.000000280. The van der Waals surface area contributed by atoms with Crippen LogP contribution in [-0.4, -0.2) is 22.6 Å². The zero-order chi connectivity index (χ0) is 18.5. The number of hydrogen-bond donors (Lipinski definition) is 1. The SMILES string of the molecule is C=C(C)C.CCC(C)C(=O)O.CCC(C)C(=O)OC(C)(C)C. The summed E-state index contributed by atoms with van der Waals surface area (Å²) in [5.41, 5.74) is 0.820. The van der Waals surface area contributed by atoms with Gasteiger partial charge in [0.1, 0.15) is 5.60 Å². The van der Waals surface area contributed by atoms with Crippen LogP contribution in [-0.2, 0) is 14.3 Å². The monoisotopic (exact) mass is 316 g/mol. The molecule has 0 saturated carbocycles. The summed E-state index contributed by atoms with van der Waals surface area (Å²) in [7, 11) is 0. The molecule has 0 radical (unpaired) electrons. The van der Waals surface area contributed by atoms with E-state index < -0.39 is 5.97 Å². The molecule has 0 fully saturated rings. The summed E-state index contributed by atoms with van der Waals surface area (Å²) in [6, 6.07) is 0. The molecule has 0 amide bonds. The Morgan fingerprint density at radius 1 is 1.05 bits per heavy atom. The van der Waals surface area contributed by atoms with Gasteiger partial charge in [0, 0.05) is 0 Å². The largest absolute Gasteiger partial charge is 0.481 e. The Morgan fingerprint density at radius 2 is 1.36 bits per heavy atom.